The number of carbonyl (C=O) groups excluding carboxylic acids is 1. The van der Waals surface area contributed by atoms with Gasteiger partial charge in [-0.1, -0.05) is 13.8 Å². The number of likely N-dealkylation sites (N-methyl/N-ethyl adjacent to an activating group) is 2. The normalized spacial score (nSPS) is 22.9. The maximum Gasteiger partial charge on any atom is 0.233 e. The van der Waals surface area contributed by atoms with E-state index in [9.17, 15) is 4.79 Å². The molecule has 0 radical (unpaired) electrons. The highest BCUT2D eigenvalue weighted by molar-refractivity contribution is 5.77. The van der Waals surface area contributed by atoms with Gasteiger partial charge in [-0.05, 0) is 14.0 Å². The number of rotatable bonds is 2. The Morgan fingerprint density at radius 1 is 1.40 bits per heavy atom. The molecule has 1 atom stereocenters. The Kier molecular flexibility index (Phi) is 7.34. The van der Waals surface area contributed by atoms with Crippen molar-refractivity contribution in [2.45, 2.75) is 26.8 Å². The molecule has 0 saturated carbocycles. The second-order valence-corrected chi connectivity index (χ2v) is 3.75. The van der Waals surface area contributed by atoms with Gasteiger partial charge in [-0.15, -0.1) is 0 Å². The summed E-state index contributed by atoms with van der Waals surface area (Å²) in [7, 11) is 3.80. The molecule has 1 fully saturated rings. The highest BCUT2D eigenvalue weighted by atomic mass is 16.1. The van der Waals surface area contributed by atoms with Gasteiger partial charge in [0.15, 0.2) is 0 Å². The summed E-state index contributed by atoms with van der Waals surface area (Å²) >= 11 is 0. The molecule has 0 bridgehead atoms. The molecule has 1 saturated heterocycles. The van der Waals surface area contributed by atoms with Crippen molar-refractivity contribution in [1.82, 2.24) is 15.1 Å². The lowest BCUT2D eigenvalue weighted by Crippen LogP contribution is -2.52. The van der Waals surface area contributed by atoms with E-state index in [-0.39, 0.29) is 5.91 Å². The number of amides is 1. The van der Waals surface area contributed by atoms with Gasteiger partial charge < -0.3 is 10.2 Å². The Morgan fingerprint density at radius 3 is 2.47 bits per heavy atom. The molecule has 1 unspecified atom stereocenters. The topological polar surface area (TPSA) is 35.6 Å². The van der Waals surface area contributed by atoms with Crippen molar-refractivity contribution in [3.63, 3.8) is 0 Å². The van der Waals surface area contributed by atoms with E-state index in [2.05, 4.69) is 29.1 Å². The molecule has 4 heteroatoms. The summed E-state index contributed by atoms with van der Waals surface area (Å²) in [4.78, 5) is 15.7. The number of nitrogens with zero attached hydrogens (tertiary/aromatic N) is 2. The maximum atomic E-state index is 11.1. The molecule has 0 aromatic heterocycles. The van der Waals surface area contributed by atoms with Crippen molar-refractivity contribution in [3.8, 4) is 0 Å². The van der Waals surface area contributed by atoms with E-state index < -0.39 is 0 Å². The van der Waals surface area contributed by atoms with Crippen molar-refractivity contribution < 1.29 is 4.79 Å². The van der Waals surface area contributed by atoms with E-state index in [1.165, 1.54) is 0 Å². The molecule has 90 valence electrons. The summed E-state index contributed by atoms with van der Waals surface area (Å²) in [5.74, 6) is 0.108. The first-order chi connectivity index (χ1) is 7.13. The second kappa shape index (κ2) is 7.65. The first-order valence-electron chi connectivity index (χ1n) is 5.76. The average molecular weight is 215 g/mol. The van der Waals surface area contributed by atoms with Crippen molar-refractivity contribution in [2.24, 2.45) is 0 Å². The zero-order chi connectivity index (χ0) is 11.8. The van der Waals surface area contributed by atoms with Crippen molar-refractivity contribution in [1.29, 1.82) is 0 Å². The third-order valence-corrected chi connectivity index (χ3v) is 2.59. The summed E-state index contributed by atoms with van der Waals surface area (Å²) < 4.78 is 0. The summed E-state index contributed by atoms with van der Waals surface area (Å²) in [6.07, 6.45) is 0. The molecule has 0 spiro atoms. The van der Waals surface area contributed by atoms with Gasteiger partial charge in [0.25, 0.3) is 0 Å². The van der Waals surface area contributed by atoms with Crippen LogP contribution in [-0.2, 0) is 4.79 Å². The molecule has 1 rings (SSSR count). The number of carbonyl (C=O) groups is 1. The fourth-order valence-electron chi connectivity index (χ4n) is 1.68. The minimum atomic E-state index is 0.108. The Hall–Kier alpha value is -0.610. The molecule has 0 aliphatic carbocycles. The standard InChI is InChI=1S/C9H19N3O.C2H6/c1-8-6-11(3)4-5-12(8)7-9(13)10-2;1-2/h8H,4-7H2,1-3H3,(H,10,13);1-2H3. The van der Waals surface area contributed by atoms with Crippen LogP contribution < -0.4 is 5.32 Å². The van der Waals surface area contributed by atoms with Gasteiger partial charge in [0.05, 0.1) is 6.54 Å². The lowest BCUT2D eigenvalue weighted by atomic mass is 10.2. The maximum absolute atomic E-state index is 11.1. The Labute approximate surface area is 93.6 Å². The van der Waals surface area contributed by atoms with Gasteiger partial charge in [0.1, 0.15) is 0 Å². The van der Waals surface area contributed by atoms with Crippen molar-refractivity contribution in [2.75, 3.05) is 40.3 Å². The lowest BCUT2D eigenvalue weighted by molar-refractivity contribution is -0.122. The molecule has 0 aromatic rings. The molecule has 15 heavy (non-hydrogen) atoms. The van der Waals surface area contributed by atoms with Crippen LogP contribution in [0.25, 0.3) is 0 Å². The van der Waals surface area contributed by atoms with E-state index in [1.54, 1.807) is 7.05 Å². The van der Waals surface area contributed by atoms with E-state index in [4.69, 9.17) is 0 Å². The van der Waals surface area contributed by atoms with Gasteiger partial charge in [-0.25, -0.2) is 0 Å². The van der Waals surface area contributed by atoms with Crippen LogP contribution in [0.4, 0.5) is 0 Å². The largest absolute Gasteiger partial charge is 0.358 e. The van der Waals surface area contributed by atoms with Gasteiger partial charge in [0.2, 0.25) is 5.91 Å². The zero-order valence-corrected chi connectivity index (χ0v) is 10.7. The molecular formula is C11H25N3O. The van der Waals surface area contributed by atoms with Crippen LogP contribution in [-0.4, -0.2) is 62.0 Å². The van der Waals surface area contributed by atoms with E-state index in [0.29, 0.717) is 12.6 Å². The van der Waals surface area contributed by atoms with Crippen LogP contribution in [0.2, 0.25) is 0 Å². The molecular weight excluding hydrogens is 190 g/mol. The summed E-state index contributed by atoms with van der Waals surface area (Å²) in [6.45, 7) is 9.80. The van der Waals surface area contributed by atoms with Crippen molar-refractivity contribution >= 4 is 5.91 Å². The fraction of sp³-hybridized carbons (Fsp3) is 0.909. The van der Waals surface area contributed by atoms with E-state index >= 15 is 0 Å². The van der Waals surface area contributed by atoms with Gasteiger partial charge in [0, 0.05) is 32.7 Å². The van der Waals surface area contributed by atoms with Crippen LogP contribution in [0.1, 0.15) is 20.8 Å². The third-order valence-electron chi connectivity index (χ3n) is 2.59. The third kappa shape index (κ3) is 5.14. The average Bonchev–Trinajstić information content (AvgIpc) is 2.25. The molecule has 1 aliphatic rings. The van der Waals surface area contributed by atoms with Gasteiger partial charge >= 0.3 is 0 Å². The molecule has 1 amide bonds. The highest BCUT2D eigenvalue weighted by Crippen LogP contribution is 2.06. The van der Waals surface area contributed by atoms with Crippen LogP contribution in [0.3, 0.4) is 0 Å². The van der Waals surface area contributed by atoms with E-state index in [1.807, 2.05) is 13.8 Å². The minimum Gasteiger partial charge on any atom is -0.358 e. The summed E-state index contributed by atoms with van der Waals surface area (Å²) in [5, 5.41) is 2.65. The zero-order valence-electron chi connectivity index (χ0n) is 10.7. The monoisotopic (exact) mass is 215 g/mol. The minimum absolute atomic E-state index is 0.108. The number of hydrogen-bond acceptors (Lipinski definition) is 3. The van der Waals surface area contributed by atoms with Crippen LogP contribution in [0, 0.1) is 0 Å². The molecule has 1 N–H and O–H groups in total. The number of hydrogen-bond donors (Lipinski definition) is 1. The number of nitrogens with one attached hydrogen (secondary N) is 1. The quantitative estimate of drug-likeness (QED) is 0.724. The highest BCUT2D eigenvalue weighted by Gasteiger charge is 2.22. The molecule has 1 heterocycles. The molecule has 4 nitrogen and oxygen atoms in total. The number of piperazine rings is 1. The predicted molar refractivity (Wildman–Crippen MR) is 63.9 cm³/mol. The van der Waals surface area contributed by atoms with Gasteiger partial charge in [-0.3, -0.25) is 9.69 Å². The van der Waals surface area contributed by atoms with Crippen molar-refractivity contribution in [3.05, 3.63) is 0 Å². The molecule has 0 aromatic carbocycles. The van der Waals surface area contributed by atoms with Crippen LogP contribution in [0.15, 0.2) is 0 Å². The predicted octanol–water partition coefficient (Wildman–Crippen LogP) is 0.395. The van der Waals surface area contributed by atoms with E-state index in [0.717, 1.165) is 19.6 Å². The van der Waals surface area contributed by atoms with Gasteiger partial charge in [-0.2, -0.15) is 0 Å². The SMILES string of the molecule is CC.CNC(=O)CN1CCN(C)CC1C. The van der Waals surface area contributed by atoms with Crippen LogP contribution in [0.5, 0.6) is 0 Å². The Morgan fingerprint density at radius 2 is 2.00 bits per heavy atom. The summed E-state index contributed by atoms with van der Waals surface area (Å²) in [6, 6.07) is 0.482. The molecule has 1 aliphatic heterocycles. The van der Waals surface area contributed by atoms with Crippen LogP contribution >= 0.6 is 0 Å². The summed E-state index contributed by atoms with van der Waals surface area (Å²) in [5.41, 5.74) is 0. The first kappa shape index (κ1) is 14.4. The fourth-order valence-corrected chi connectivity index (χ4v) is 1.68. The lowest BCUT2D eigenvalue weighted by Gasteiger charge is -2.37. The second-order valence-electron chi connectivity index (χ2n) is 3.75. The smallest absolute Gasteiger partial charge is 0.233 e. The first-order valence-corrected chi connectivity index (χ1v) is 5.76. The Balaban J connectivity index is 0.000000921. The Bertz CT molecular complexity index is 185.